The summed E-state index contributed by atoms with van der Waals surface area (Å²) in [6.07, 6.45) is -3.04. The standard InChI is InChI=1S/C14H9BF3NO2/c16-14(17,18)12-4-2-1-3-11(12)9-5-6-10-8-19-21-15(20)13(10)7-9/h1-8,20H. The third-order valence-electron chi connectivity index (χ3n) is 3.25. The summed E-state index contributed by atoms with van der Waals surface area (Å²) in [4.78, 5) is 0. The van der Waals surface area contributed by atoms with Gasteiger partial charge in [0, 0.05) is 5.46 Å². The summed E-state index contributed by atoms with van der Waals surface area (Å²) in [5.74, 6) is 0. The van der Waals surface area contributed by atoms with Crippen LogP contribution in [0.1, 0.15) is 11.1 Å². The molecule has 3 nitrogen and oxygen atoms in total. The fraction of sp³-hybridized carbons (Fsp3) is 0.0714. The van der Waals surface area contributed by atoms with Crippen LogP contribution in [0.15, 0.2) is 47.6 Å². The highest BCUT2D eigenvalue weighted by Gasteiger charge is 2.34. The summed E-state index contributed by atoms with van der Waals surface area (Å²) >= 11 is 0. The van der Waals surface area contributed by atoms with Gasteiger partial charge in [-0.05, 0) is 22.8 Å². The first-order valence-corrected chi connectivity index (χ1v) is 6.14. The van der Waals surface area contributed by atoms with E-state index in [0.717, 1.165) is 6.07 Å². The number of rotatable bonds is 1. The number of hydrogen-bond donors (Lipinski definition) is 1. The van der Waals surface area contributed by atoms with Crippen molar-refractivity contribution in [1.82, 2.24) is 0 Å². The molecule has 0 bridgehead atoms. The van der Waals surface area contributed by atoms with Crippen molar-refractivity contribution in [1.29, 1.82) is 0 Å². The molecule has 21 heavy (non-hydrogen) atoms. The van der Waals surface area contributed by atoms with Crippen LogP contribution in [0.2, 0.25) is 0 Å². The molecule has 1 heterocycles. The van der Waals surface area contributed by atoms with Crippen molar-refractivity contribution in [3.63, 3.8) is 0 Å². The molecule has 2 aromatic rings. The molecule has 2 aromatic carbocycles. The Labute approximate surface area is 118 Å². The molecule has 0 amide bonds. The van der Waals surface area contributed by atoms with E-state index in [-0.39, 0.29) is 5.56 Å². The van der Waals surface area contributed by atoms with Crippen molar-refractivity contribution in [2.75, 3.05) is 0 Å². The smallest absolute Gasteiger partial charge is 0.427 e. The molecule has 0 fully saturated rings. The lowest BCUT2D eigenvalue weighted by Crippen LogP contribution is -2.37. The predicted molar refractivity (Wildman–Crippen MR) is 73.2 cm³/mol. The van der Waals surface area contributed by atoms with Crippen molar-refractivity contribution >= 4 is 18.8 Å². The third-order valence-corrected chi connectivity index (χ3v) is 3.25. The Kier molecular flexibility index (Phi) is 3.21. The normalized spacial score (nSPS) is 13.8. The SMILES string of the molecule is OB1ON=Cc2ccc(-c3ccccc3C(F)(F)F)cc21. The summed E-state index contributed by atoms with van der Waals surface area (Å²) in [5, 5.41) is 13.2. The Hall–Kier alpha value is -2.28. The molecule has 0 radical (unpaired) electrons. The second-order valence-corrected chi connectivity index (χ2v) is 4.58. The van der Waals surface area contributed by atoms with Crippen LogP contribution < -0.4 is 5.46 Å². The van der Waals surface area contributed by atoms with Gasteiger partial charge in [-0.25, -0.2) is 0 Å². The van der Waals surface area contributed by atoms with E-state index in [9.17, 15) is 18.2 Å². The maximum Gasteiger partial charge on any atom is 0.583 e. The topological polar surface area (TPSA) is 41.8 Å². The zero-order valence-electron chi connectivity index (χ0n) is 10.6. The van der Waals surface area contributed by atoms with E-state index in [1.165, 1.54) is 24.4 Å². The van der Waals surface area contributed by atoms with E-state index < -0.39 is 18.9 Å². The fourth-order valence-corrected chi connectivity index (χ4v) is 2.26. The molecule has 0 saturated carbocycles. The third kappa shape index (κ3) is 2.52. The van der Waals surface area contributed by atoms with Gasteiger partial charge in [-0.1, -0.05) is 36.4 Å². The van der Waals surface area contributed by atoms with Crippen molar-refractivity contribution in [2.45, 2.75) is 6.18 Å². The lowest BCUT2D eigenvalue weighted by Gasteiger charge is -2.16. The number of nitrogens with zero attached hydrogens (tertiary/aromatic N) is 1. The maximum absolute atomic E-state index is 13.1. The van der Waals surface area contributed by atoms with Gasteiger partial charge >= 0.3 is 13.3 Å². The molecule has 0 spiro atoms. The molecule has 7 heteroatoms. The van der Waals surface area contributed by atoms with Gasteiger partial charge < -0.3 is 9.78 Å². The molecule has 0 aromatic heterocycles. The van der Waals surface area contributed by atoms with Gasteiger partial charge in [0.2, 0.25) is 0 Å². The maximum atomic E-state index is 13.1. The van der Waals surface area contributed by atoms with Gasteiger partial charge in [-0.2, -0.15) is 13.2 Å². The number of fused-ring (bicyclic) bond motifs is 1. The van der Waals surface area contributed by atoms with Gasteiger partial charge in [0.25, 0.3) is 0 Å². The highest BCUT2D eigenvalue weighted by atomic mass is 19.4. The zero-order valence-corrected chi connectivity index (χ0v) is 10.6. The highest BCUT2D eigenvalue weighted by molar-refractivity contribution is 6.62. The van der Waals surface area contributed by atoms with E-state index in [2.05, 4.69) is 5.16 Å². The Morgan fingerprint density at radius 2 is 1.86 bits per heavy atom. The van der Waals surface area contributed by atoms with Crippen LogP contribution >= 0.6 is 0 Å². The van der Waals surface area contributed by atoms with Crippen molar-refractivity contribution in [3.8, 4) is 11.1 Å². The van der Waals surface area contributed by atoms with Gasteiger partial charge in [0.05, 0.1) is 11.8 Å². The van der Waals surface area contributed by atoms with E-state index in [0.29, 0.717) is 16.6 Å². The van der Waals surface area contributed by atoms with E-state index >= 15 is 0 Å². The Morgan fingerprint density at radius 3 is 2.62 bits per heavy atom. The molecule has 106 valence electrons. The minimum Gasteiger partial charge on any atom is -0.427 e. The Morgan fingerprint density at radius 1 is 1.10 bits per heavy atom. The lowest BCUT2D eigenvalue weighted by molar-refractivity contribution is -0.137. The number of halogens is 3. The largest absolute Gasteiger partial charge is 0.583 e. The van der Waals surface area contributed by atoms with Crippen molar-refractivity contribution < 1.29 is 23.0 Å². The summed E-state index contributed by atoms with van der Waals surface area (Å²) in [6.45, 7) is 0. The molecule has 0 aliphatic carbocycles. The molecular weight excluding hydrogens is 282 g/mol. The second-order valence-electron chi connectivity index (χ2n) is 4.58. The highest BCUT2D eigenvalue weighted by Crippen LogP contribution is 2.36. The van der Waals surface area contributed by atoms with Crippen molar-refractivity contribution in [2.24, 2.45) is 5.16 Å². The number of alkyl halides is 3. The fourth-order valence-electron chi connectivity index (χ4n) is 2.26. The number of benzene rings is 2. The van der Waals surface area contributed by atoms with Crippen molar-refractivity contribution in [3.05, 3.63) is 53.6 Å². The first-order valence-electron chi connectivity index (χ1n) is 6.14. The minimum absolute atomic E-state index is 0.0579. The van der Waals surface area contributed by atoms with E-state index in [4.69, 9.17) is 4.76 Å². The van der Waals surface area contributed by atoms with Crippen LogP contribution in [-0.4, -0.2) is 18.4 Å². The first kappa shape index (κ1) is 13.7. The average molecular weight is 291 g/mol. The monoisotopic (exact) mass is 291 g/mol. The van der Waals surface area contributed by atoms with Gasteiger partial charge in [0.1, 0.15) is 0 Å². The summed E-state index contributed by atoms with van der Waals surface area (Å²) in [5.41, 5.74) is 0.702. The summed E-state index contributed by atoms with van der Waals surface area (Å²) in [7, 11) is -1.28. The van der Waals surface area contributed by atoms with E-state index in [1.807, 2.05) is 0 Å². The van der Waals surface area contributed by atoms with E-state index in [1.54, 1.807) is 18.2 Å². The van der Waals surface area contributed by atoms with Crippen LogP contribution in [0.5, 0.6) is 0 Å². The predicted octanol–water partition coefficient (Wildman–Crippen LogP) is 2.42. The van der Waals surface area contributed by atoms with Gasteiger partial charge in [-0.3, -0.25) is 0 Å². The average Bonchev–Trinajstić information content (AvgIpc) is 2.46. The molecular formula is C14H9BF3NO2. The molecule has 0 unspecified atom stereocenters. The van der Waals surface area contributed by atoms with Crippen LogP contribution in [0.3, 0.4) is 0 Å². The minimum atomic E-state index is -4.44. The van der Waals surface area contributed by atoms with Crippen LogP contribution in [-0.2, 0) is 10.9 Å². The summed E-state index contributed by atoms with van der Waals surface area (Å²) < 4.78 is 43.9. The van der Waals surface area contributed by atoms with Gasteiger partial charge in [0.15, 0.2) is 0 Å². The zero-order chi connectivity index (χ0) is 15.0. The lowest BCUT2D eigenvalue weighted by atomic mass is 9.75. The first-order chi connectivity index (χ1) is 9.97. The molecule has 3 rings (SSSR count). The Balaban J connectivity index is 2.15. The number of oxime groups is 1. The second kappa shape index (κ2) is 4.93. The molecule has 1 aliphatic heterocycles. The van der Waals surface area contributed by atoms with Crippen LogP contribution in [0, 0.1) is 0 Å². The molecule has 1 aliphatic rings. The number of hydrogen-bond acceptors (Lipinski definition) is 3. The van der Waals surface area contributed by atoms with Gasteiger partial charge in [-0.15, -0.1) is 5.16 Å². The summed E-state index contributed by atoms with van der Waals surface area (Å²) in [6, 6.07) is 9.96. The quantitative estimate of drug-likeness (QED) is 0.820. The molecule has 1 N–H and O–H groups in total. The molecule has 0 saturated heterocycles. The molecule has 0 atom stereocenters. The Bertz CT molecular complexity index is 716. The van der Waals surface area contributed by atoms with Crippen LogP contribution in [0.25, 0.3) is 11.1 Å². The van der Waals surface area contributed by atoms with Crippen LogP contribution in [0.4, 0.5) is 13.2 Å².